The lowest BCUT2D eigenvalue weighted by molar-refractivity contribution is 0.114. The molecule has 23 heavy (non-hydrogen) atoms. The summed E-state index contributed by atoms with van der Waals surface area (Å²) in [6.45, 7) is 7.12. The van der Waals surface area contributed by atoms with Crippen molar-refractivity contribution in [1.29, 1.82) is 0 Å². The third kappa shape index (κ3) is 5.48. The normalized spacial score (nSPS) is 19.3. The molecule has 1 aromatic rings. The van der Waals surface area contributed by atoms with Crippen LogP contribution < -0.4 is 10.6 Å². The minimum atomic E-state index is -0.488. The maximum atomic E-state index is 12.0. The quantitative estimate of drug-likeness (QED) is 0.682. The second kappa shape index (κ2) is 9.25. The summed E-state index contributed by atoms with van der Waals surface area (Å²) in [6.07, 6.45) is 2.88. The van der Waals surface area contributed by atoms with Gasteiger partial charge in [0.25, 0.3) is 0 Å². The summed E-state index contributed by atoms with van der Waals surface area (Å²) in [5.41, 5.74) is 0. The molecule has 0 radical (unpaired) electrons. The highest BCUT2D eigenvalue weighted by Gasteiger charge is 2.24. The van der Waals surface area contributed by atoms with Gasteiger partial charge in [-0.3, -0.25) is 4.90 Å². The van der Waals surface area contributed by atoms with Crippen molar-refractivity contribution in [2.45, 2.75) is 45.3 Å². The van der Waals surface area contributed by atoms with Crippen molar-refractivity contribution in [3.8, 4) is 0 Å². The van der Waals surface area contributed by atoms with Gasteiger partial charge in [0.1, 0.15) is 0 Å². The standard InChI is InChI=1S/C17H29N3O2S/c1-3-13(2)15(21)12-19-17(22)18-11-14(16-7-6-10-23-16)20-8-4-5-9-20/h6-7,10,13-15,21H,3-5,8-9,11-12H2,1-2H3,(H2,18,19,22). The molecule has 0 aromatic carbocycles. The van der Waals surface area contributed by atoms with Gasteiger partial charge in [-0.05, 0) is 43.3 Å². The molecule has 1 fully saturated rings. The van der Waals surface area contributed by atoms with Crippen molar-refractivity contribution >= 4 is 17.4 Å². The van der Waals surface area contributed by atoms with E-state index in [9.17, 15) is 9.90 Å². The fourth-order valence-corrected chi connectivity index (χ4v) is 3.73. The summed E-state index contributed by atoms with van der Waals surface area (Å²) in [5, 5.41) is 17.7. The molecule has 3 unspecified atom stereocenters. The minimum absolute atomic E-state index is 0.193. The van der Waals surface area contributed by atoms with Gasteiger partial charge in [-0.1, -0.05) is 26.3 Å². The maximum Gasteiger partial charge on any atom is 0.314 e. The van der Waals surface area contributed by atoms with Crippen LogP contribution in [0, 0.1) is 5.92 Å². The van der Waals surface area contributed by atoms with Crippen LogP contribution in [0.1, 0.15) is 44.0 Å². The fraction of sp³-hybridized carbons (Fsp3) is 0.706. The lowest BCUT2D eigenvalue weighted by Gasteiger charge is -2.27. The van der Waals surface area contributed by atoms with Crippen LogP contribution in [-0.4, -0.2) is 48.3 Å². The van der Waals surface area contributed by atoms with Gasteiger partial charge in [0, 0.05) is 18.0 Å². The molecule has 1 aliphatic rings. The highest BCUT2D eigenvalue weighted by atomic mass is 32.1. The largest absolute Gasteiger partial charge is 0.391 e. The number of hydrogen-bond donors (Lipinski definition) is 3. The maximum absolute atomic E-state index is 12.0. The zero-order valence-electron chi connectivity index (χ0n) is 14.1. The van der Waals surface area contributed by atoms with Crippen LogP contribution >= 0.6 is 11.3 Å². The monoisotopic (exact) mass is 339 g/mol. The number of thiophene rings is 1. The summed E-state index contributed by atoms with van der Waals surface area (Å²) >= 11 is 1.74. The van der Waals surface area contributed by atoms with Crippen LogP contribution in [0.15, 0.2) is 17.5 Å². The van der Waals surface area contributed by atoms with Gasteiger partial charge in [0.15, 0.2) is 0 Å². The van der Waals surface area contributed by atoms with E-state index in [1.165, 1.54) is 17.7 Å². The second-order valence-corrected chi connectivity index (χ2v) is 7.30. The molecule has 3 atom stereocenters. The van der Waals surface area contributed by atoms with Crippen molar-refractivity contribution in [3.05, 3.63) is 22.4 Å². The number of nitrogens with one attached hydrogen (secondary N) is 2. The first-order valence-electron chi connectivity index (χ1n) is 8.59. The molecule has 2 rings (SSSR count). The second-order valence-electron chi connectivity index (χ2n) is 6.32. The first kappa shape index (κ1) is 18.2. The van der Waals surface area contributed by atoms with Gasteiger partial charge < -0.3 is 15.7 Å². The van der Waals surface area contributed by atoms with Crippen LogP contribution in [-0.2, 0) is 0 Å². The topological polar surface area (TPSA) is 64.6 Å². The number of aliphatic hydroxyl groups is 1. The molecule has 0 spiro atoms. The summed E-state index contributed by atoms with van der Waals surface area (Å²) in [6, 6.07) is 4.25. The van der Waals surface area contributed by atoms with E-state index in [0.717, 1.165) is 19.5 Å². The van der Waals surface area contributed by atoms with E-state index in [1.807, 2.05) is 13.8 Å². The Balaban J connectivity index is 1.80. The highest BCUT2D eigenvalue weighted by molar-refractivity contribution is 7.10. The average Bonchev–Trinajstić information content (AvgIpc) is 3.26. The summed E-state index contributed by atoms with van der Waals surface area (Å²) in [4.78, 5) is 15.7. The molecule has 0 aliphatic carbocycles. The van der Waals surface area contributed by atoms with Crippen molar-refractivity contribution in [2.75, 3.05) is 26.2 Å². The Morgan fingerprint density at radius 1 is 1.35 bits per heavy atom. The molecule has 1 saturated heterocycles. The van der Waals surface area contributed by atoms with E-state index in [0.29, 0.717) is 13.1 Å². The van der Waals surface area contributed by atoms with Gasteiger partial charge in [-0.25, -0.2) is 4.79 Å². The Hall–Kier alpha value is -1.11. The third-order valence-corrected chi connectivity index (χ3v) is 5.66. The SMILES string of the molecule is CCC(C)C(O)CNC(=O)NCC(c1cccs1)N1CCCC1. The van der Waals surface area contributed by atoms with Gasteiger partial charge in [0.05, 0.1) is 12.1 Å². The number of amides is 2. The van der Waals surface area contributed by atoms with Gasteiger partial charge in [0.2, 0.25) is 0 Å². The number of carbonyl (C=O) groups is 1. The Morgan fingerprint density at radius 3 is 2.65 bits per heavy atom. The van der Waals surface area contributed by atoms with Crippen molar-refractivity contribution in [1.82, 2.24) is 15.5 Å². The van der Waals surface area contributed by atoms with E-state index < -0.39 is 6.10 Å². The number of likely N-dealkylation sites (tertiary alicyclic amines) is 1. The van der Waals surface area contributed by atoms with Crippen LogP contribution in [0.5, 0.6) is 0 Å². The lowest BCUT2D eigenvalue weighted by Crippen LogP contribution is -2.44. The predicted octanol–water partition coefficient (Wildman–Crippen LogP) is 2.59. The summed E-state index contributed by atoms with van der Waals surface area (Å²) in [7, 11) is 0. The molecule has 2 heterocycles. The number of urea groups is 1. The van der Waals surface area contributed by atoms with E-state index in [-0.39, 0.29) is 18.0 Å². The van der Waals surface area contributed by atoms with Crippen LogP contribution in [0.2, 0.25) is 0 Å². The summed E-state index contributed by atoms with van der Waals surface area (Å²) in [5.74, 6) is 0.193. The zero-order valence-corrected chi connectivity index (χ0v) is 14.9. The number of hydrogen-bond acceptors (Lipinski definition) is 4. The molecule has 6 heteroatoms. The number of nitrogens with zero attached hydrogens (tertiary/aromatic N) is 1. The Morgan fingerprint density at radius 2 is 2.04 bits per heavy atom. The molecule has 3 N–H and O–H groups in total. The Kier molecular flexibility index (Phi) is 7.33. The molecule has 0 bridgehead atoms. The number of aliphatic hydroxyl groups excluding tert-OH is 1. The first-order chi connectivity index (χ1) is 11.1. The fourth-order valence-electron chi connectivity index (χ4n) is 2.87. The molecule has 1 aliphatic heterocycles. The highest BCUT2D eigenvalue weighted by Crippen LogP contribution is 2.27. The Bertz CT molecular complexity index is 460. The van der Waals surface area contributed by atoms with E-state index in [2.05, 4.69) is 33.0 Å². The smallest absolute Gasteiger partial charge is 0.314 e. The lowest BCUT2D eigenvalue weighted by atomic mass is 10.0. The van der Waals surface area contributed by atoms with Crippen molar-refractivity contribution in [3.63, 3.8) is 0 Å². The van der Waals surface area contributed by atoms with Crippen LogP contribution in [0.4, 0.5) is 4.79 Å². The summed E-state index contributed by atoms with van der Waals surface area (Å²) < 4.78 is 0. The van der Waals surface area contributed by atoms with Crippen LogP contribution in [0.25, 0.3) is 0 Å². The minimum Gasteiger partial charge on any atom is -0.391 e. The third-order valence-electron chi connectivity index (χ3n) is 4.68. The van der Waals surface area contributed by atoms with Gasteiger partial charge in [-0.2, -0.15) is 0 Å². The molecular weight excluding hydrogens is 310 g/mol. The molecule has 2 amide bonds. The van der Waals surface area contributed by atoms with E-state index in [1.54, 1.807) is 11.3 Å². The Labute approximate surface area is 143 Å². The van der Waals surface area contributed by atoms with E-state index in [4.69, 9.17) is 0 Å². The van der Waals surface area contributed by atoms with Crippen LogP contribution in [0.3, 0.4) is 0 Å². The zero-order chi connectivity index (χ0) is 16.7. The van der Waals surface area contributed by atoms with Gasteiger partial charge in [-0.15, -0.1) is 11.3 Å². The number of rotatable bonds is 8. The first-order valence-corrected chi connectivity index (χ1v) is 9.47. The predicted molar refractivity (Wildman–Crippen MR) is 94.7 cm³/mol. The number of carbonyl (C=O) groups excluding carboxylic acids is 1. The molecule has 0 saturated carbocycles. The van der Waals surface area contributed by atoms with Crippen molar-refractivity contribution in [2.24, 2.45) is 5.92 Å². The molecular formula is C17H29N3O2S. The van der Waals surface area contributed by atoms with Gasteiger partial charge >= 0.3 is 6.03 Å². The van der Waals surface area contributed by atoms with Crippen molar-refractivity contribution < 1.29 is 9.90 Å². The molecule has 1 aromatic heterocycles. The van der Waals surface area contributed by atoms with E-state index >= 15 is 0 Å². The molecule has 130 valence electrons. The average molecular weight is 340 g/mol. The molecule has 5 nitrogen and oxygen atoms in total.